The summed E-state index contributed by atoms with van der Waals surface area (Å²) >= 11 is 1.60. The molecular weight excluding hydrogens is 286 g/mol. The molecule has 112 valence electrons. The summed E-state index contributed by atoms with van der Waals surface area (Å²) in [5, 5.41) is 6.28. The molecule has 2 aromatic rings. The third-order valence-corrected chi connectivity index (χ3v) is 4.40. The summed E-state index contributed by atoms with van der Waals surface area (Å²) in [5.41, 5.74) is 0. The van der Waals surface area contributed by atoms with Crippen LogP contribution in [0.4, 0.5) is 11.8 Å². The van der Waals surface area contributed by atoms with Crippen molar-refractivity contribution < 1.29 is 4.79 Å². The topological polar surface area (TPSA) is 61.4 Å². The monoisotopic (exact) mass is 305 g/mol. The molecule has 0 aliphatic carbocycles. The zero-order valence-corrected chi connectivity index (χ0v) is 13.1. The van der Waals surface area contributed by atoms with Gasteiger partial charge in [0.1, 0.15) is 10.6 Å². The molecule has 1 aliphatic rings. The van der Waals surface area contributed by atoms with Crippen LogP contribution >= 0.6 is 11.3 Å². The maximum Gasteiger partial charge on any atom is 0.241 e. The van der Waals surface area contributed by atoms with Crippen molar-refractivity contribution in [3.8, 4) is 0 Å². The van der Waals surface area contributed by atoms with Gasteiger partial charge in [-0.05, 0) is 17.9 Å². The minimum Gasteiger partial charge on any atom is -0.354 e. The van der Waals surface area contributed by atoms with E-state index in [4.69, 9.17) is 0 Å². The lowest BCUT2D eigenvalue weighted by atomic mass is 10.3. The van der Waals surface area contributed by atoms with Crippen LogP contribution in [0.5, 0.6) is 0 Å². The number of thiophene rings is 1. The first-order valence-corrected chi connectivity index (χ1v) is 8.05. The van der Waals surface area contributed by atoms with Crippen LogP contribution in [0.15, 0.2) is 11.4 Å². The predicted molar refractivity (Wildman–Crippen MR) is 86.0 cm³/mol. The summed E-state index contributed by atoms with van der Waals surface area (Å²) in [6, 6.07) is 2.03. The number of fused-ring (bicyclic) bond motifs is 1. The fraction of sp³-hybridized carbons (Fsp3) is 0.500. The second-order valence-corrected chi connectivity index (χ2v) is 6.07. The third kappa shape index (κ3) is 2.78. The van der Waals surface area contributed by atoms with Gasteiger partial charge in [0, 0.05) is 26.7 Å². The summed E-state index contributed by atoms with van der Waals surface area (Å²) in [7, 11) is 1.84. The van der Waals surface area contributed by atoms with E-state index in [0.29, 0.717) is 12.5 Å². The van der Waals surface area contributed by atoms with Crippen LogP contribution in [0, 0.1) is 0 Å². The van der Waals surface area contributed by atoms with Gasteiger partial charge in [-0.15, -0.1) is 11.3 Å². The van der Waals surface area contributed by atoms with Gasteiger partial charge in [-0.1, -0.05) is 6.92 Å². The van der Waals surface area contributed by atoms with Crippen molar-refractivity contribution in [1.82, 2.24) is 14.9 Å². The molecule has 21 heavy (non-hydrogen) atoms. The molecule has 2 aromatic heterocycles. The maximum atomic E-state index is 11.9. The molecule has 7 heteroatoms. The van der Waals surface area contributed by atoms with Gasteiger partial charge >= 0.3 is 0 Å². The molecule has 1 N–H and O–H groups in total. The number of nitrogens with zero attached hydrogens (tertiary/aromatic N) is 4. The molecule has 1 aliphatic heterocycles. The van der Waals surface area contributed by atoms with E-state index in [1.165, 1.54) is 0 Å². The highest BCUT2D eigenvalue weighted by atomic mass is 32.1. The Morgan fingerprint density at radius 3 is 3.00 bits per heavy atom. The highest BCUT2D eigenvalue weighted by molar-refractivity contribution is 7.16. The fourth-order valence-electron chi connectivity index (χ4n) is 2.34. The Kier molecular flexibility index (Phi) is 3.92. The molecular formula is C14H19N5OS. The number of aromatic nitrogens is 2. The number of rotatable bonds is 4. The molecule has 0 unspecified atom stereocenters. The van der Waals surface area contributed by atoms with Crippen molar-refractivity contribution in [3.05, 3.63) is 11.4 Å². The fourth-order valence-corrected chi connectivity index (χ4v) is 3.09. The van der Waals surface area contributed by atoms with Crippen molar-refractivity contribution in [1.29, 1.82) is 0 Å². The molecule has 1 amide bonds. The first-order chi connectivity index (χ1) is 10.2. The Bertz CT molecular complexity index is 656. The Balaban J connectivity index is 1.96. The number of carbonyl (C=O) groups excluding carboxylic acids is 1. The molecule has 3 heterocycles. The van der Waals surface area contributed by atoms with Gasteiger partial charge in [-0.3, -0.25) is 4.79 Å². The third-order valence-electron chi connectivity index (χ3n) is 3.59. The number of amides is 1. The zero-order chi connectivity index (χ0) is 14.8. The lowest BCUT2D eigenvalue weighted by molar-refractivity contribution is -0.129. The van der Waals surface area contributed by atoms with Crippen molar-refractivity contribution in [3.63, 3.8) is 0 Å². The molecule has 0 spiro atoms. The van der Waals surface area contributed by atoms with E-state index in [9.17, 15) is 4.79 Å². The second kappa shape index (κ2) is 5.85. The summed E-state index contributed by atoms with van der Waals surface area (Å²) < 4.78 is 0. The first kappa shape index (κ1) is 14.1. The van der Waals surface area contributed by atoms with Crippen molar-refractivity contribution in [2.45, 2.75) is 13.3 Å². The summed E-state index contributed by atoms with van der Waals surface area (Å²) in [4.78, 5) is 25.9. The number of anilines is 2. The van der Waals surface area contributed by atoms with Crippen LogP contribution in [-0.4, -0.2) is 54.0 Å². The Hall–Kier alpha value is -1.89. The van der Waals surface area contributed by atoms with Gasteiger partial charge in [0.2, 0.25) is 11.9 Å². The number of hydrogen-bond acceptors (Lipinski definition) is 6. The number of likely N-dealkylation sites (N-methyl/N-ethyl adjacent to an activating group) is 1. The highest BCUT2D eigenvalue weighted by Gasteiger charge is 2.24. The van der Waals surface area contributed by atoms with Gasteiger partial charge in [-0.25, -0.2) is 4.98 Å². The largest absolute Gasteiger partial charge is 0.354 e. The van der Waals surface area contributed by atoms with Gasteiger partial charge in [-0.2, -0.15) is 4.98 Å². The van der Waals surface area contributed by atoms with Crippen LogP contribution in [0.25, 0.3) is 10.2 Å². The SMILES string of the molecule is CCCNc1nc(N2CCN(C)C(=O)C2)c2ccsc2n1. The van der Waals surface area contributed by atoms with E-state index < -0.39 is 0 Å². The Labute approximate surface area is 127 Å². The number of carbonyl (C=O) groups is 1. The van der Waals surface area contributed by atoms with Crippen molar-refractivity contribution in [2.75, 3.05) is 43.4 Å². The minimum atomic E-state index is 0.131. The Morgan fingerprint density at radius 1 is 1.38 bits per heavy atom. The summed E-state index contributed by atoms with van der Waals surface area (Å²) in [5.74, 6) is 1.64. The molecule has 0 bridgehead atoms. The van der Waals surface area contributed by atoms with Crippen LogP contribution in [-0.2, 0) is 4.79 Å². The average Bonchev–Trinajstić information content (AvgIpc) is 2.95. The quantitative estimate of drug-likeness (QED) is 0.933. The van der Waals surface area contributed by atoms with Gasteiger partial charge in [0.25, 0.3) is 0 Å². The van der Waals surface area contributed by atoms with Gasteiger partial charge in [0.05, 0.1) is 11.9 Å². The molecule has 6 nitrogen and oxygen atoms in total. The Morgan fingerprint density at radius 2 is 2.24 bits per heavy atom. The predicted octanol–water partition coefficient (Wildman–Crippen LogP) is 1.79. The number of piperazine rings is 1. The number of nitrogens with one attached hydrogen (secondary N) is 1. The summed E-state index contributed by atoms with van der Waals surface area (Å²) in [6.07, 6.45) is 1.02. The molecule has 0 radical (unpaired) electrons. The standard InChI is InChI=1S/C14H19N5OS/c1-3-5-15-14-16-12(10-4-8-21-13(10)17-14)19-7-6-18(2)11(20)9-19/h4,8H,3,5-7,9H2,1-2H3,(H,15,16,17). The van der Waals surface area contributed by atoms with Crippen LogP contribution in [0.1, 0.15) is 13.3 Å². The summed E-state index contributed by atoms with van der Waals surface area (Å²) in [6.45, 7) is 4.87. The highest BCUT2D eigenvalue weighted by Crippen LogP contribution is 2.29. The van der Waals surface area contributed by atoms with Crippen LogP contribution in [0.3, 0.4) is 0 Å². The lowest BCUT2D eigenvalue weighted by Crippen LogP contribution is -2.48. The van der Waals surface area contributed by atoms with E-state index in [1.807, 2.05) is 18.5 Å². The first-order valence-electron chi connectivity index (χ1n) is 7.17. The van der Waals surface area contributed by atoms with Crippen LogP contribution < -0.4 is 10.2 Å². The van der Waals surface area contributed by atoms with Crippen LogP contribution in [0.2, 0.25) is 0 Å². The molecule has 3 rings (SSSR count). The smallest absolute Gasteiger partial charge is 0.241 e. The van der Waals surface area contributed by atoms with E-state index in [1.54, 1.807) is 16.2 Å². The molecule has 0 saturated carbocycles. The minimum absolute atomic E-state index is 0.131. The van der Waals surface area contributed by atoms with E-state index in [-0.39, 0.29) is 5.91 Å². The molecule has 1 fully saturated rings. The second-order valence-electron chi connectivity index (χ2n) is 5.17. The molecule has 0 atom stereocenters. The number of hydrogen-bond donors (Lipinski definition) is 1. The van der Waals surface area contributed by atoms with Gasteiger partial charge in [0.15, 0.2) is 0 Å². The van der Waals surface area contributed by atoms with E-state index in [0.717, 1.165) is 42.1 Å². The average molecular weight is 305 g/mol. The van der Waals surface area contributed by atoms with Crippen molar-refractivity contribution >= 4 is 39.2 Å². The zero-order valence-electron chi connectivity index (χ0n) is 12.3. The van der Waals surface area contributed by atoms with E-state index in [2.05, 4.69) is 27.1 Å². The lowest BCUT2D eigenvalue weighted by Gasteiger charge is -2.33. The normalized spacial score (nSPS) is 15.8. The van der Waals surface area contributed by atoms with Crippen molar-refractivity contribution in [2.24, 2.45) is 0 Å². The molecule has 1 saturated heterocycles. The van der Waals surface area contributed by atoms with E-state index >= 15 is 0 Å². The maximum absolute atomic E-state index is 11.9. The molecule has 0 aromatic carbocycles. The van der Waals surface area contributed by atoms with Gasteiger partial charge < -0.3 is 15.1 Å².